The van der Waals surface area contributed by atoms with Crippen molar-refractivity contribution < 1.29 is 14.3 Å². The highest BCUT2D eigenvalue weighted by molar-refractivity contribution is 6.02. The van der Waals surface area contributed by atoms with E-state index in [2.05, 4.69) is 37.4 Å². The smallest absolute Gasteiger partial charge is 0.257 e. The largest absolute Gasteiger partial charge is 0.490 e. The Kier molecular flexibility index (Phi) is 6.42. The summed E-state index contributed by atoms with van der Waals surface area (Å²) >= 11 is 0. The number of benzene rings is 3. The lowest BCUT2D eigenvalue weighted by Crippen LogP contribution is -2.44. The fourth-order valence-corrected chi connectivity index (χ4v) is 4.09. The van der Waals surface area contributed by atoms with Crippen molar-refractivity contribution in [2.75, 3.05) is 25.6 Å². The van der Waals surface area contributed by atoms with Gasteiger partial charge in [0.1, 0.15) is 11.9 Å². The van der Waals surface area contributed by atoms with Crippen LogP contribution in [-0.2, 0) is 4.74 Å². The highest BCUT2D eigenvalue weighted by Gasteiger charge is 2.35. The molecule has 1 aliphatic rings. The molecule has 2 atom stereocenters. The Labute approximate surface area is 184 Å². The maximum absolute atomic E-state index is 13.5. The second-order valence-corrected chi connectivity index (χ2v) is 7.97. The molecule has 162 valence electrons. The van der Waals surface area contributed by atoms with E-state index in [0.29, 0.717) is 18.7 Å². The predicted octanol–water partition coefficient (Wildman–Crippen LogP) is 5.62. The molecule has 31 heavy (non-hydrogen) atoms. The summed E-state index contributed by atoms with van der Waals surface area (Å²) in [4.78, 5) is 15.4. The third-order valence-corrected chi connectivity index (χ3v) is 5.88. The molecule has 0 saturated heterocycles. The van der Waals surface area contributed by atoms with Crippen LogP contribution in [0.3, 0.4) is 0 Å². The number of amides is 1. The second-order valence-electron chi connectivity index (χ2n) is 7.97. The van der Waals surface area contributed by atoms with E-state index in [9.17, 15) is 4.79 Å². The summed E-state index contributed by atoms with van der Waals surface area (Å²) in [6.45, 7) is 5.37. The van der Waals surface area contributed by atoms with Crippen molar-refractivity contribution in [1.29, 1.82) is 0 Å². The molecule has 3 aromatic carbocycles. The minimum Gasteiger partial charge on any atom is -0.490 e. The van der Waals surface area contributed by atoms with Gasteiger partial charge in [0.25, 0.3) is 5.91 Å². The lowest BCUT2D eigenvalue weighted by atomic mass is 9.97. The molecule has 2 unspecified atom stereocenters. The summed E-state index contributed by atoms with van der Waals surface area (Å²) in [5.41, 5.74) is 2.54. The number of rotatable bonds is 8. The third kappa shape index (κ3) is 4.23. The van der Waals surface area contributed by atoms with E-state index in [1.165, 1.54) is 0 Å². The van der Waals surface area contributed by atoms with Gasteiger partial charge in [0, 0.05) is 31.5 Å². The Balaban J connectivity index is 1.86. The number of nitrogens with zero attached hydrogens (tertiary/aromatic N) is 1. The summed E-state index contributed by atoms with van der Waals surface area (Å²) in [5.74, 6) is 0.840. The third-order valence-electron chi connectivity index (χ3n) is 5.88. The van der Waals surface area contributed by atoms with E-state index in [4.69, 9.17) is 9.47 Å². The molecular formula is C26H30N2O3. The number of para-hydroxylation sites is 1. The quantitative estimate of drug-likeness (QED) is 0.483. The van der Waals surface area contributed by atoms with Crippen molar-refractivity contribution in [1.82, 2.24) is 4.90 Å². The average Bonchev–Trinajstić information content (AvgIpc) is 2.80. The van der Waals surface area contributed by atoms with Crippen LogP contribution in [0.5, 0.6) is 5.75 Å². The molecule has 5 nitrogen and oxygen atoms in total. The van der Waals surface area contributed by atoms with Crippen molar-refractivity contribution in [3.05, 3.63) is 71.8 Å². The van der Waals surface area contributed by atoms with Crippen molar-refractivity contribution >= 4 is 22.4 Å². The van der Waals surface area contributed by atoms with Crippen LogP contribution in [0.1, 0.15) is 48.8 Å². The predicted molar refractivity (Wildman–Crippen MR) is 125 cm³/mol. The average molecular weight is 419 g/mol. The summed E-state index contributed by atoms with van der Waals surface area (Å²) in [6.07, 6.45) is 1.41. The highest BCUT2D eigenvalue weighted by atomic mass is 16.5. The van der Waals surface area contributed by atoms with Gasteiger partial charge in [0.2, 0.25) is 0 Å². The van der Waals surface area contributed by atoms with E-state index in [1.54, 1.807) is 7.11 Å². The minimum atomic E-state index is -0.329. The van der Waals surface area contributed by atoms with Gasteiger partial charge in [-0.2, -0.15) is 0 Å². The first-order valence-electron chi connectivity index (χ1n) is 11.0. The van der Waals surface area contributed by atoms with Crippen molar-refractivity contribution in [3.63, 3.8) is 0 Å². The number of hydrogen-bond donors (Lipinski definition) is 1. The van der Waals surface area contributed by atoms with Gasteiger partial charge >= 0.3 is 0 Å². The number of carbonyl (C=O) groups is 1. The van der Waals surface area contributed by atoms with Crippen LogP contribution in [0.4, 0.5) is 5.69 Å². The molecule has 0 spiro atoms. The maximum atomic E-state index is 13.5. The molecule has 0 radical (unpaired) electrons. The summed E-state index contributed by atoms with van der Waals surface area (Å²) in [7, 11) is 1.69. The Hall–Kier alpha value is -3.05. The SMILES string of the molecule is CCC(C)Oc1ccc2ccccc2c1C1Nc2ccccc2C(=O)N1CCCOC. The summed E-state index contributed by atoms with van der Waals surface area (Å²) < 4.78 is 11.6. The first-order valence-corrected chi connectivity index (χ1v) is 11.0. The van der Waals surface area contributed by atoms with Crippen LogP contribution in [0.15, 0.2) is 60.7 Å². The van der Waals surface area contributed by atoms with Crippen LogP contribution in [-0.4, -0.2) is 37.2 Å². The number of carbonyl (C=O) groups excluding carboxylic acids is 1. The lowest BCUT2D eigenvalue weighted by Gasteiger charge is -2.39. The number of hydrogen-bond acceptors (Lipinski definition) is 4. The standard InChI is InChI=1S/C26H30N2O3/c1-4-18(2)31-23-15-14-19-10-5-6-11-20(19)24(23)25-27-22-13-8-7-12-21(22)26(29)28(25)16-9-17-30-3/h5-8,10-15,18,25,27H,4,9,16-17H2,1-3H3. The number of methoxy groups -OCH3 is 1. The monoisotopic (exact) mass is 418 g/mol. The molecule has 0 aliphatic carbocycles. The molecule has 5 heteroatoms. The van der Waals surface area contributed by atoms with Gasteiger partial charge in [-0.15, -0.1) is 0 Å². The molecule has 1 N–H and O–H groups in total. The molecule has 1 heterocycles. The lowest BCUT2D eigenvalue weighted by molar-refractivity contribution is 0.0657. The van der Waals surface area contributed by atoms with Gasteiger partial charge in [-0.1, -0.05) is 49.4 Å². The Bertz CT molecular complexity index is 1070. The second kappa shape index (κ2) is 9.40. The van der Waals surface area contributed by atoms with Crippen molar-refractivity contribution in [2.45, 2.75) is 39.0 Å². The van der Waals surface area contributed by atoms with E-state index < -0.39 is 0 Å². The highest BCUT2D eigenvalue weighted by Crippen LogP contribution is 2.41. The summed E-state index contributed by atoms with van der Waals surface area (Å²) in [6, 6.07) is 20.1. The van der Waals surface area contributed by atoms with Gasteiger partial charge in [-0.05, 0) is 48.7 Å². The fourth-order valence-electron chi connectivity index (χ4n) is 4.09. The molecule has 1 amide bonds. The minimum absolute atomic E-state index is 0.0258. The van der Waals surface area contributed by atoms with Crippen LogP contribution in [0.25, 0.3) is 10.8 Å². The number of ether oxygens (including phenoxy) is 2. The van der Waals surface area contributed by atoms with E-state index in [0.717, 1.165) is 40.6 Å². The zero-order chi connectivity index (χ0) is 21.8. The van der Waals surface area contributed by atoms with E-state index >= 15 is 0 Å². The molecule has 0 bridgehead atoms. The molecule has 1 aliphatic heterocycles. The zero-order valence-electron chi connectivity index (χ0n) is 18.4. The fraction of sp³-hybridized carbons (Fsp3) is 0.346. The van der Waals surface area contributed by atoms with Crippen molar-refractivity contribution in [3.8, 4) is 5.75 Å². The molecule has 0 fully saturated rings. The maximum Gasteiger partial charge on any atom is 0.257 e. The topological polar surface area (TPSA) is 50.8 Å². The number of anilines is 1. The Morgan fingerprint density at radius 2 is 1.84 bits per heavy atom. The van der Waals surface area contributed by atoms with Gasteiger partial charge in [0.05, 0.1) is 11.7 Å². The zero-order valence-corrected chi connectivity index (χ0v) is 18.4. The molecule has 4 rings (SSSR count). The van der Waals surface area contributed by atoms with Gasteiger partial charge < -0.3 is 19.7 Å². The van der Waals surface area contributed by atoms with Crippen LogP contribution in [0.2, 0.25) is 0 Å². The van der Waals surface area contributed by atoms with Gasteiger partial charge in [-0.25, -0.2) is 0 Å². The van der Waals surface area contributed by atoms with Crippen LogP contribution in [0, 0.1) is 0 Å². The molecule has 3 aromatic rings. The van der Waals surface area contributed by atoms with Gasteiger partial charge in [0.15, 0.2) is 0 Å². The van der Waals surface area contributed by atoms with E-state index in [1.807, 2.05) is 47.4 Å². The normalized spacial score (nSPS) is 16.7. The number of fused-ring (bicyclic) bond motifs is 2. The first-order chi connectivity index (χ1) is 15.1. The Morgan fingerprint density at radius 3 is 2.65 bits per heavy atom. The van der Waals surface area contributed by atoms with E-state index in [-0.39, 0.29) is 18.2 Å². The van der Waals surface area contributed by atoms with Crippen LogP contribution >= 0.6 is 0 Å². The first kappa shape index (κ1) is 21.2. The van der Waals surface area contributed by atoms with Crippen LogP contribution < -0.4 is 10.1 Å². The molecular weight excluding hydrogens is 388 g/mol. The summed E-state index contributed by atoms with van der Waals surface area (Å²) in [5, 5.41) is 5.84. The number of nitrogens with one attached hydrogen (secondary N) is 1. The van der Waals surface area contributed by atoms with Crippen molar-refractivity contribution in [2.24, 2.45) is 0 Å². The molecule has 0 aromatic heterocycles. The Morgan fingerprint density at radius 1 is 1.06 bits per heavy atom. The molecule has 0 saturated carbocycles. The van der Waals surface area contributed by atoms with Gasteiger partial charge in [-0.3, -0.25) is 4.79 Å².